The van der Waals surface area contributed by atoms with Crippen LogP contribution in [0.3, 0.4) is 0 Å². The molecule has 0 aliphatic heterocycles. The lowest BCUT2D eigenvalue weighted by Gasteiger charge is -2.36. The average molecular weight is 625 g/mol. The van der Waals surface area contributed by atoms with Gasteiger partial charge in [-0.15, -0.1) is 11.3 Å². The largest absolute Gasteiger partial charge is 0.447 e. The second kappa shape index (κ2) is 12.2. The molecule has 2 rings (SSSR count). The quantitative estimate of drug-likeness (QED) is 0.225. The molecule has 0 bridgehead atoms. The minimum absolute atomic E-state index is 0.166. The molecule has 16 heteroatoms. The highest BCUT2D eigenvalue weighted by Crippen LogP contribution is 2.55. The second-order valence-electron chi connectivity index (χ2n) is 8.51. The Hall–Kier alpha value is -0.000000000000000111. The van der Waals surface area contributed by atoms with Gasteiger partial charge in [-0.25, -0.2) is 0 Å². The van der Waals surface area contributed by atoms with Gasteiger partial charge in [-0.1, -0.05) is 37.3 Å². The summed E-state index contributed by atoms with van der Waals surface area (Å²) in [6.07, 6.45) is -10.1. The molecule has 0 saturated heterocycles. The van der Waals surface area contributed by atoms with E-state index in [2.05, 4.69) is 16.3 Å². The van der Waals surface area contributed by atoms with Crippen molar-refractivity contribution in [3.8, 4) is 0 Å². The van der Waals surface area contributed by atoms with Gasteiger partial charge < -0.3 is 13.6 Å². The summed E-state index contributed by atoms with van der Waals surface area (Å²) < 4.78 is 87.0. The Morgan fingerprint density at radius 1 is 1.06 bits per heavy atom. The first-order valence-corrected chi connectivity index (χ1v) is 17.7. The molecule has 0 spiro atoms. The van der Waals surface area contributed by atoms with E-state index in [1.54, 1.807) is 11.4 Å². The number of Topliss-reactive ketones (excluding diaryl/α,β-unsaturated/α-hetero) is 1. The summed E-state index contributed by atoms with van der Waals surface area (Å²) in [4.78, 5) is 12.5. The fraction of sp³-hybridized carbons (Fsp3) is 0.632. The molecule has 0 amide bonds. The first-order chi connectivity index (χ1) is 15.5. The van der Waals surface area contributed by atoms with Crippen LogP contribution >= 0.6 is 35.7 Å². The molecule has 1 aromatic rings. The smallest absolute Gasteiger partial charge is 0.412 e. The Balaban J connectivity index is 0.000000518. The van der Waals surface area contributed by atoms with Crippen LogP contribution < -0.4 is 0 Å². The number of rotatable bonds is 7. The summed E-state index contributed by atoms with van der Waals surface area (Å²) in [7, 11) is 0. The van der Waals surface area contributed by atoms with E-state index in [1.807, 2.05) is 13.8 Å². The summed E-state index contributed by atoms with van der Waals surface area (Å²) >= 11 is 17.2. The van der Waals surface area contributed by atoms with E-state index in [1.165, 1.54) is 31.3 Å². The van der Waals surface area contributed by atoms with Crippen LogP contribution in [0.4, 0.5) is 26.3 Å². The Kier molecular flexibility index (Phi) is 11.6. The fourth-order valence-electron chi connectivity index (χ4n) is 2.65. The summed E-state index contributed by atoms with van der Waals surface area (Å²) in [6, 6.07) is 1.70. The number of hydrogen-bond donors (Lipinski definition) is 0. The number of halogens is 7. The normalized spacial score (nSPS) is 18.6. The molecule has 202 valence electrons. The van der Waals surface area contributed by atoms with Crippen molar-refractivity contribution in [2.45, 2.75) is 39.0 Å². The monoisotopic (exact) mass is 624 g/mol. The van der Waals surface area contributed by atoms with Gasteiger partial charge in [0.2, 0.25) is 6.49 Å². The van der Waals surface area contributed by atoms with Crippen LogP contribution in [0, 0.1) is 5.41 Å². The molecule has 35 heavy (non-hydrogen) atoms. The van der Waals surface area contributed by atoms with Crippen molar-refractivity contribution in [1.82, 2.24) is 0 Å². The lowest BCUT2D eigenvalue weighted by atomic mass is 9.76. The van der Waals surface area contributed by atoms with E-state index >= 15 is 0 Å². The Morgan fingerprint density at radius 3 is 1.97 bits per heavy atom. The highest BCUT2D eigenvalue weighted by Gasteiger charge is 2.40. The third kappa shape index (κ3) is 12.4. The first-order valence-electron chi connectivity index (χ1n) is 9.79. The highest BCUT2D eigenvalue weighted by molar-refractivity contribution is 8.11. The van der Waals surface area contributed by atoms with Crippen LogP contribution in [0.25, 0.3) is 5.57 Å². The number of allylic oxidation sites excluding steroid dienone is 2. The van der Waals surface area contributed by atoms with Crippen molar-refractivity contribution < 1.29 is 44.7 Å². The molecule has 4 nitrogen and oxygen atoms in total. The Morgan fingerprint density at radius 2 is 1.57 bits per heavy atom. The van der Waals surface area contributed by atoms with Crippen LogP contribution in [0.1, 0.15) is 32.3 Å². The zero-order chi connectivity index (χ0) is 27.5. The molecule has 1 aliphatic carbocycles. The lowest BCUT2D eigenvalue weighted by molar-refractivity contribution is -0.153. The average Bonchev–Trinajstić information content (AvgIpc) is 3.07. The second-order valence-corrected chi connectivity index (χ2v) is 19.4. The molecule has 0 aromatic carbocycles. The standard InChI is InChI=1S/C15H17ClF3O3PS2.C4H8F3OPS/c1-14(2)6-4-10(20)11(9-5-7-25-13(9)16)12(14)22-23(3,24)21-8-15(17,18)19;1-9(2,10)8-3-4(5,6)7/h5,7H,4,6,8H2,1-3H3;3H2,1-2H3. The predicted octanol–water partition coefficient (Wildman–Crippen LogP) is 8.26. The van der Waals surface area contributed by atoms with E-state index in [9.17, 15) is 31.1 Å². The van der Waals surface area contributed by atoms with E-state index in [4.69, 9.17) is 32.5 Å². The van der Waals surface area contributed by atoms with Gasteiger partial charge in [-0.05, 0) is 43.0 Å². The predicted molar refractivity (Wildman–Crippen MR) is 136 cm³/mol. The fourth-order valence-corrected chi connectivity index (χ4v) is 5.69. The molecular formula is C19H25ClF6O4P2S3. The molecule has 0 saturated carbocycles. The molecule has 1 aliphatic rings. The summed E-state index contributed by atoms with van der Waals surface area (Å²) in [5.74, 6) is 0.0949. The highest BCUT2D eigenvalue weighted by atomic mass is 35.5. The molecule has 1 aromatic heterocycles. The molecule has 1 unspecified atom stereocenters. The molecule has 0 N–H and O–H groups in total. The van der Waals surface area contributed by atoms with Gasteiger partial charge in [0, 0.05) is 24.1 Å². The maximum atomic E-state index is 12.5. The van der Waals surface area contributed by atoms with Crippen molar-refractivity contribution in [2.75, 3.05) is 33.2 Å². The van der Waals surface area contributed by atoms with Gasteiger partial charge in [-0.3, -0.25) is 4.79 Å². The third-order valence-electron chi connectivity index (χ3n) is 4.24. The van der Waals surface area contributed by atoms with E-state index in [-0.39, 0.29) is 17.1 Å². The Bertz CT molecular complexity index is 1030. The SMILES string of the molecule is CC1(C)CCC(=O)C(c2ccsc2Cl)=C1OP(C)(=S)OCC(F)(F)F.CP(C)(=S)OCC(F)(F)F. The van der Waals surface area contributed by atoms with Crippen molar-refractivity contribution in [2.24, 2.45) is 5.41 Å². The number of carbonyl (C=O) groups is 1. The van der Waals surface area contributed by atoms with Crippen molar-refractivity contribution in [1.29, 1.82) is 0 Å². The van der Waals surface area contributed by atoms with Gasteiger partial charge in [0.1, 0.15) is 16.7 Å². The summed E-state index contributed by atoms with van der Waals surface area (Å²) in [6.45, 7) is 2.08. The molecule has 0 fully saturated rings. The summed E-state index contributed by atoms with van der Waals surface area (Å²) in [5, 5.41) is 1.74. The molecule has 0 radical (unpaired) electrons. The number of hydrogen-bond acceptors (Lipinski definition) is 7. The van der Waals surface area contributed by atoms with Crippen LogP contribution in [-0.4, -0.2) is 51.3 Å². The van der Waals surface area contributed by atoms with Crippen molar-refractivity contribution in [3.63, 3.8) is 0 Å². The minimum Gasteiger partial charge on any atom is -0.447 e. The van der Waals surface area contributed by atoms with Crippen LogP contribution in [-0.2, 0) is 42.0 Å². The maximum absolute atomic E-state index is 12.5. The molecule has 1 heterocycles. The molecule has 1 atom stereocenters. The third-order valence-corrected chi connectivity index (χ3v) is 8.13. The van der Waals surface area contributed by atoms with Crippen LogP contribution in [0.2, 0.25) is 4.34 Å². The number of carbonyl (C=O) groups excluding carboxylic acids is 1. The van der Waals surface area contributed by atoms with E-state index < -0.39 is 43.7 Å². The zero-order valence-corrected chi connectivity index (χ0v) is 24.4. The van der Waals surface area contributed by atoms with Gasteiger partial charge in [0.25, 0.3) is 0 Å². The van der Waals surface area contributed by atoms with E-state index in [0.29, 0.717) is 22.7 Å². The topological polar surface area (TPSA) is 44.8 Å². The van der Waals surface area contributed by atoms with Gasteiger partial charge in [0.15, 0.2) is 12.4 Å². The van der Waals surface area contributed by atoms with Gasteiger partial charge >= 0.3 is 12.4 Å². The minimum atomic E-state index is -4.50. The zero-order valence-electron chi connectivity index (χ0n) is 19.4. The summed E-state index contributed by atoms with van der Waals surface area (Å²) in [5.41, 5.74) is 0.232. The number of alkyl halides is 6. The first kappa shape index (κ1) is 33.0. The van der Waals surface area contributed by atoms with Gasteiger partial charge in [-0.2, -0.15) is 26.3 Å². The van der Waals surface area contributed by atoms with E-state index in [0.717, 1.165) is 0 Å². The van der Waals surface area contributed by atoms with Crippen LogP contribution in [0.5, 0.6) is 0 Å². The van der Waals surface area contributed by atoms with Crippen LogP contribution in [0.15, 0.2) is 17.2 Å². The lowest BCUT2D eigenvalue weighted by Crippen LogP contribution is -2.27. The Labute approximate surface area is 219 Å². The van der Waals surface area contributed by atoms with Gasteiger partial charge in [0.05, 0.1) is 11.8 Å². The number of thiophene rings is 1. The maximum Gasteiger partial charge on any atom is 0.412 e. The molecular weight excluding hydrogens is 600 g/mol. The number of ketones is 1. The van der Waals surface area contributed by atoms with Crippen molar-refractivity contribution in [3.05, 3.63) is 27.1 Å². The van der Waals surface area contributed by atoms with Crippen molar-refractivity contribution >= 4 is 70.7 Å².